The zero-order valence-electron chi connectivity index (χ0n) is 8.80. The van der Waals surface area contributed by atoms with Crippen LogP contribution >= 0.6 is 0 Å². The Bertz CT molecular complexity index is 144. The van der Waals surface area contributed by atoms with Gasteiger partial charge in [-0.05, 0) is 31.1 Å². The van der Waals surface area contributed by atoms with Crippen LogP contribution in [0.2, 0.25) is 0 Å². The lowest BCUT2D eigenvalue weighted by atomic mass is 9.87. The molecular weight excluding hydrogens is 144 g/mol. The minimum Gasteiger partial charge on any atom is -0.103 e. The Kier molecular flexibility index (Phi) is 5.79. The van der Waals surface area contributed by atoms with Crippen LogP contribution in [0.5, 0.6) is 0 Å². The first-order valence-corrected chi connectivity index (χ1v) is 4.75. The van der Waals surface area contributed by atoms with E-state index in [0.29, 0.717) is 11.8 Å². The molecule has 0 aliphatic heterocycles. The van der Waals surface area contributed by atoms with E-state index >= 15 is 0 Å². The van der Waals surface area contributed by atoms with E-state index in [9.17, 15) is 0 Å². The fourth-order valence-corrected chi connectivity index (χ4v) is 1.39. The number of allylic oxidation sites excluding steroid dienone is 3. The van der Waals surface area contributed by atoms with Crippen molar-refractivity contribution in [1.29, 1.82) is 0 Å². The quantitative estimate of drug-likeness (QED) is 0.543. The van der Waals surface area contributed by atoms with E-state index in [2.05, 4.69) is 39.5 Å². The Morgan fingerprint density at radius 2 is 1.92 bits per heavy atom. The van der Waals surface area contributed by atoms with Crippen LogP contribution in [0.3, 0.4) is 0 Å². The van der Waals surface area contributed by atoms with Gasteiger partial charge in [0.1, 0.15) is 0 Å². The molecule has 1 radical (unpaired) electrons. The lowest BCUT2D eigenvalue weighted by Crippen LogP contribution is -2.08. The Morgan fingerprint density at radius 1 is 1.33 bits per heavy atom. The lowest BCUT2D eigenvalue weighted by molar-refractivity contribution is 0.387. The van der Waals surface area contributed by atoms with Crippen LogP contribution in [0.25, 0.3) is 0 Å². The predicted octanol–water partition coefficient (Wildman–Crippen LogP) is 3.85. The molecule has 3 unspecified atom stereocenters. The third kappa shape index (κ3) is 4.38. The van der Waals surface area contributed by atoms with Crippen molar-refractivity contribution < 1.29 is 0 Å². The smallest absolute Gasteiger partial charge is 0.0239 e. The molecule has 0 heteroatoms. The van der Waals surface area contributed by atoms with E-state index in [-0.39, 0.29) is 0 Å². The molecule has 0 aliphatic rings. The summed E-state index contributed by atoms with van der Waals surface area (Å²) in [6, 6.07) is 0. The third-order valence-corrected chi connectivity index (χ3v) is 2.46. The van der Waals surface area contributed by atoms with Gasteiger partial charge in [0.25, 0.3) is 0 Å². The topological polar surface area (TPSA) is 0 Å². The first-order valence-electron chi connectivity index (χ1n) is 4.75. The van der Waals surface area contributed by atoms with Crippen LogP contribution in [0.15, 0.2) is 18.7 Å². The number of hydrogen-bond acceptors (Lipinski definition) is 0. The highest BCUT2D eigenvalue weighted by atomic mass is 14.2. The molecule has 0 aliphatic carbocycles. The van der Waals surface area contributed by atoms with E-state index in [4.69, 9.17) is 0 Å². The summed E-state index contributed by atoms with van der Waals surface area (Å²) in [6.45, 7) is 12.5. The normalized spacial score (nSPS) is 19.0. The number of rotatable bonds is 5. The average molecular weight is 165 g/mol. The van der Waals surface area contributed by atoms with Gasteiger partial charge in [0.05, 0.1) is 0 Å². The fraction of sp³-hybridized carbons (Fsp3) is 0.667. The molecule has 0 amide bonds. The largest absolute Gasteiger partial charge is 0.103 e. The molecule has 3 atom stereocenters. The van der Waals surface area contributed by atoms with Crippen LogP contribution in [0.4, 0.5) is 0 Å². The zero-order chi connectivity index (χ0) is 9.56. The molecule has 0 aromatic carbocycles. The van der Waals surface area contributed by atoms with Crippen LogP contribution in [-0.2, 0) is 0 Å². The van der Waals surface area contributed by atoms with Crippen LogP contribution in [0, 0.1) is 23.8 Å². The molecule has 69 valence electrons. The van der Waals surface area contributed by atoms with Gasteiger partial charge >= 0.3 is 0 Å². The Labute approximate surface area is 77.4 Å². The van der Waals surface area contributed by atoms with Crippen molar-refractivity contribution in [2.75, 3.05) is 0 Å². The highest BCUT2D eigenvalue weighted by Crippen LogP contribution is 2.21. The van der Waals surface area contributed by atoms with E-state index < -0.39 is 0 Å². The first kappa shape index (κ1) is 11.5. The Balaban J connectivity index is 3.82. The van der Waals surface area contributed by atoms with Crippen molar-refractivity contribution in [3.8, 4) is 0 Å². The molecule has 0 aromatic heterocycles. The highest BCUT2D eigenvalue weighted by Gasteiger charge is 2.10. The minimum absolute atomic E-state index is 0.623. The fourth-order valence-electron chi connectivity index (χ4n) is 1.39. The second kappa shape index (κ2) is 6.05. The van der Waals surface area contributed by atoms with Crippen molar-refractivity contribution in [2.45, 2.75) is 34.1 Å². The van der Waals surface area contributed by atoms with Crippen LogP contribution < -0.4 is 0 Å². The zero-order valence-corrected chi connectivity index (χ0v) is 8.80. The molecule has 0 saturated heterocycles. The maximum absolute atomic E-state index is 3.81. The third-order valence-electron chi connectivity index (χ3n) is 2.46. The molecular formula is C12H21. The lowest BCUT2D eigenvalue weighted by Gasteiger charge is -2.18. The Morgan fingerprint density at radius 3 is 2.33 bits per heavy atom. The maximum Gasteiger partial charge on any atom is -0.0239 e. The first-order chi connectivity index (χ1) is 5.61. The second-order valence-electron chi connectivity index (χ2n) is 3.74. The molecule has 0 aromatic rings. The maximum atomic E-state index is 3.81. The van der Waals surface area contributed by atoms with Crippen molar-refractivity contribution in [1.82, 2.24) is 0 Å². The summed E-state index contributed by atoms with van der Waals surface area (Å²) < 4.78 is 0. The summed E-state index contributed by atoms with van der Waals surface area (Å²) in [4.78, 5) is 0. The summed E-state index contributed by atoms with van der Waals surface area (Å²) in [6.07, 6.45) is 8.49. The van der Waals surface area contributed by atoms with E-state index in [1.807, 2.05) is 13.0 Å². The van der Waals surface area contributed by atoms with Gasteiger partial charge in [-0.25, -0.2) is 0 Å². The molecule has 0 fully saturated rings. The van der Waals surface area contributed by atoms with Gasteiger partial charge in [0.15, 0.2) is 0 Å². The highest BCUT2D eigenvalue weighted by molar-refractivity contribution is 4.84. The van der Waals surface area contributed by atoms with E-state index in [0.717, 1.165) is 5.92 Å². The molecule has 12 heavy (non-hydrogen) atoms. The summed E-state index contributed by atoms with van der Waals surface area (Å²) in [5, 5.41) is 0. The standard InChI is InChI=1S/C12H21/c1-6-8-10(3)9-12(5)11(4)7-2/h7-8,10-12H,2,9H2,1,3-5H3. The van der Waals surface area contributed by atoms with Crippen LogP contribution in [-0.4, -0.2) is 0 Å². The van der Waals surface area contributed by atoms with Crippen molar-refractivity contribution in [2.24, 2.45) is 17.8 Å². The molecule has 0 spiro atoms. The van der Waals surface area contributed by atoms with Crippen molar-refractivity contribution in [3.05, 3.63) is 24.8 Å². The summed E-state index contributed by atoms with van der Waals surface area (Å²) in [5.74, 6) is 1.99. The molecule has 0 bridgehead atoms. The molecule has 0 nitrogen and oxygen atoms in total. The monoisotopic (exact) mass is 165 g/mol. The van der Waals surface area contributed by atoms with Crippen molar-refractivity contribution in [3.63, 3.8) is 0 Å². The van der Waals surface area contributed by atoms with Gasteiger partial charge in [0.2, 0.25) is 0 Å². The Hall–Kier alpha value is -0.520. The summed E-state index contributed by atoms with van der Waals surface area (Å²) >= 11 is 0. The van der Waals surface area contributed by atoms with Crippen LogP contribution in [0.1, 0.15) is 34.1 Å². The van der Waals surface area contributed by atoms with Gasteiger partial charge < -0.3 is 0 Å². The van der Waals surface area contributed by atoms with Gasteiger partial charge in [-0.3, -0.25) is 0 Å². The SMILES string of the molecule is C=CC(C)C(C)CC(C)C=[C]C. The van der Waals surface area contributed by atoms with E-state index in [1.54, 1.807) is 0 Å². The molecule has 0 heterocycles. The molecule has 0 rings (SSSR count). The van der Waals surface area contributed by atoms with Gasteiger partial charge in [-0.1, -0.05) is 39.0 Å². The minimum atomic E-state index is 0.623. The molecule has 0 saturated carbocycles. The van der Waals surface area contributed by atoms with Crippen molar-refractivity contribution >= 4 is 0 Å². The predicted molar refractivity (Wildman–Crippen MR) is 55.8 cm³/mol. The van der Waals surface area contributed by atoms with Gasteiger partial charge in [-0.15, -0.1) is 6.58 Å². The second-order valence-corrected chi connectivity index (χ2v) is 3.74. The summed E-state index contributed by atoms with van der Waals surface area (Å²) in [7, 11) is 0. The van der Waals surface area contributed by atoms with Gasteiger partial charge in [-0.2, -0.15) is 0 Å². The molecule has 0 N–H and O–H groups in total. The van der Waals surface area contributed by atoms with E-state index in [1.165, 1.54) is 6.42 Å². The van der Waals surface area contributed by atoms with Gasteiger partial charge in [0, 0.05) is 0 Å². The number of hydrogen-bond donors (Lipinski definition) is 0. The average Bonchev–Trinajstić information content (AvgIpc) is 2.03. The summed E-state index contributed by atoms with van der Waals surface area (Å²) in [5.41, 5.74) is 0.